The van der Waals surface area contributed by atoms with Crippen LogP contribution >= 0.6 is 38.9 Å². The molecule has 7 nitrogen and oxygen atoms in total. The molecule has 240 valence electrons. The van der Waals surface area contributed by atoms with E-state index in [1.165, 1.54) is 43.3 Å². The molecule has 46 heavy (non-hydrogen) atoms. The van der Waals surface area contributed by atoms with Crippen molar-refractivity contribution in [2.45, 2.75) is 32.7 Å². The molecule has 0 aliphatic carbocycles. The van der Waals surface area contributed by atoms with Gasteiger partial charge in [0.2, 0.25) is 0 Å². The zero-order chi connectivity index (χ0) is 33.2. The summed E-state index contributed by atoms with van der Waals surface area (Å²) in [7, 11) is 0. The Bertz CT molecular complexity index is 2010. The van der Waals surface area contributed by atoms with Gasteiger partial charge in [0.05, 0.1) is 33.8 Å². The molecule has 1 aliphatic heterocycles. The van der Waals surface area contributed by atoms with Crippen LogP contribution in [0.25, 0.3) is 6.08 Å². The van der Waals surface area contributed by atoms with Gasteiger partial charge >= 0.3 is 12.1 Å². The standard InChI is InChI=1S/C32H24BrClF4N2O5S/c1-3-43-23-14-17(13-21(33)27(23)45-16-19-7-5-6-8-22(19)35)15-24-29(41)40-26(18-9-11-20(34)12-10-18)25(30(42)44-4-2)28(32(36,37)38)39-31(40)46-24/h5-15,26H,3-4,16H2,1-2H3/b24-15-/t26-/m1/s1. The van der Waals surface area contributed by atoms with E-state index >= 15 is 0 Å². The number of esters is 1. The second kappa shape index (κ2) is 13.8. The van der Waals surface area contributed by atoms with Crippen LogP contribution in [0.3, 0.4) is 0 Å². The Balaban J connectivity index is 1.65. The summed E-state index contributed by atoms with van der Waals surface area (Å²) in [4.78, 5) is 30.4. The number of hydrogen-bond acceptors (Lipinski definition) is 7. The van der Waals surface area contributed by atoms with Crippen LogP contribution in [0.1, 0.15) is 36.6 Å². The number of benzene rings is 3. The van der Waals surface area contributed by atoms with Crippen molar-refractivity contribution in [1.82, 2.24) is 4.57 Å². The molecule has 0 unspecified atom stereocenters. The Morgan fingerprint density at radius 2 is 1.80 bits per heavy atom. The van der Waals surface area contributed by atoms with Crippen LogP contribution in [0.15, 0.2) is 86.2 Å². The molecule has 0 amide bonds. The van der Waals surface area contributed by atoms with Crippen molar-refractivity contribution in [3.63, 3.8) is 0 Å². The van der Waals surface area contributed by atoms with E-state index in [2.05, 4.69) is 20.9 Å². The third-order valence-corrected chi connectivity index (χ3v) is 8.56. The summed E-state index contributed by atoms with van der Waals surface area (Å²) >= 11 is 10.2. The number of thiazole rings is 1. The zero-order valence-electron chi connectivity index (χ0n) is 24.2. The van der Waals surface area contributed by atoms with Crippen LogP contribution in [-0.2, 0) is 16.1 Å². The fraction of sp³-hybridized carbons (Fsp3) is 0.219. The monoisotopic (exact) mass is 738 g/mol. The molecule has 2 heterocycles. The fourth-order valence-corrected chi connectivity index (χ4v) is 6.49. The van der Waals surface area contributed by atoms with Gasteiger partial charge in [-0.25, -0.2) is 14.2 Å². The molecule has 5 rings (SSSR count). The predicted octanol–water partition coefficient (Wildman–Crippen LogP) is 6.87. The highest BCUT2D eigenvalue weighted by Gasteiger charge is 2.45. The van der Waals surface area contributed by atoms with Gasteiger partial charge < -0.3 is 14.2 Å². The van der Waals surface area contributed by atoms with Gasteiger partial charge in [0.1, 0.15) is 12.4 Å². The van der Waals surface area contributed by atoms with Gasteiger partial charge in [0.15, 0.2) is 22.0 Å². The van der Waals surface area contributed by atoms with Crippen molar-refractivity contribution < 1.29 is 36.6 Å². The molecule has 0 saturated heterocycles. The van der Waals surface area contributed by atoms with Crippen molar-refractivity contribution in [3.8, 4) is 11.5 Å². The number of ether oxygens (including phenoxy) is 3. The van der Waals surface area contributed by atoms with Gasteiger partial charge in [-0.1, -0.05) is 53.3 Å². The molecular formula is C32H24BrClF4N2O5S. The van der Waals surface area contributed by atoms with Crippen molar-refractivity contribution >= 4 is 50.9 Å². The molecule has 14 heteroatoms. The molecule has 1 aliphatic rings. The number of alkyl halides is 3. The molecule has 0 radical (unpaired) electrons. The van der Waals surface area contributed by atoms with Crippen LogP contribution in [0, 0.1) is 5.82 Å². The van der Waals surface area contributed by atoms with Crippen LogP contribution in [0.4, 0.5) is 17.6 Å². The number of rotatable bonds is 9. The SMILES string of the molecule is CCOC(=O)C1=C(C(F)(F)F)N=c2s/c(=C\c3cc(Br)c(OCc4ccccc4F)c(OCC)c3)c(=O)n2[C@@H]1c1ccc(Cl)cc1. The average Bonchev–Trinajstić information content (AvgIpc) is 3.31. The lowest BCUT2D eigenvalue weighted by atomic mass is 9.95. The number of hydrogen-bond donors (Lipinski definition) is 0. The highest BCUT2D eigenvalue weighted by Crippen LogP contribution is 2.39. The third-order valence-electron chi connectivity index (χ3n) is 6.74. The van der Waals surface area contributed by atoms with Gasteiger partial charge in [-0.15, -0.1) is 0 Å². The van der Waals surface area contributed by atoms with E-state index < -0.39 is 40.8 Å². The number of fused-ring (bicyclic) bond motifs is 1. The lowest BCUT2D eigenvalue weighted by Crippen LogP contribution is -2.41. The second-order valence-corrected chi connectivity index (χ2v) is 12.1. The Labute approximate surface area is 277 Å². The van der Waals surface area contributed by atoms with E-state index in [1.54, 1.807) is 37.3 Å². The van der Waals surface area contributed by atoms with Crippen LogP contribution in [0.5, 0.6) is 11.5 Å². The topological polar surface area (TPSA) is 79.1 Å². The summed E-state index contributed by atoms with van der Waals surface area (Å²) in [5.41, 5.74) is -1.96. The van der Waals surface area contributed by atoms with E-state index in [0.29, 0.717) is 26.4 Å². The first-order valence-electron chi connectivity index (χ1n) is 13.8. The lowest BCUT2D eigenvalue weighted by molar-refractivity contribution is -0.140. The third kappa shape index (κ3) is 6.91. The van der Waals surface area contributed by atoms with Crippen molar-refractivity contribution in [3.05, 3.63) is 124 Å². The molecule has 4 aromatic rings. The van der Waals surface area contributed by atoms with E-state index in [9.17, 15) is 27.2 Å². The average molecular weight is 740 g/mol. The van der Waals surface area contributed by atoms with E-state index in [-0.39, 0.29) is 40.5 Å². The van der Waals surface area contributed by atoms with E-state index in [0.717, 1.165) is 15.9 Å². The Kier molecular flexibility index (Phi) is 10.0. The minimum Gasteiger partial charge on any atom is -0.490 e. The Morgan fingerprint density at radius 3 is 2.46 bits per heavy atom. The number of nitrogens with zero attached hydrogens (tertiary/aromatic N) is 2. The molecule has 0 spiro atoms. The predicted molar refractivity (Wildman–Crippen MR) is 168 cm³/mol. The maximum Gasteiger partial charge on any atom is 0.434 e. The van der Waals surface area contributed by atoms with Gasteiger partial charge in [-0.05, 0) is 77.3 Å². The minimum atomic E-state index is -5.03. The normalized spacial score (nSPS) is 15.0. The lowest BCUT2D eigenvalue weighted by Gasteiger charge is -2.26. The Morgan fingerprint density at radius 1 is 1.09 bits per heavy atom. The number of carbonyl (C=O) groups excluding carboxylic acids is 1. The highest BCUT2D eigenvalue weighted by molar-refractivity contribution is 9.10. The Hall–Kier alpha value is -3.94. The largest absolute Gasteiger partial charge is 0.490 e. The number of allylic oxidation sites excluding steroid dienone is 1. The summed E-state index contributed by atoms with van der Waals surface area (Å²) < 4.78 is 75.4. The first kappa shape index (κ1) is 33.4. The minimum absolute atomic E-state index is 0.0405. The van der Waals surface area contributed by atoms with E-state index in [1.807, 2.05) is 0 Å². The highest BCUT2D eigenvalue weighted by atomic mass is 79.9. The summed E-state index contributed by atoms with van der Waals surface area (Å²) in [6.07, 6.45) is -3.56. The smallest absolute Gasteiger partial charge is 0.434 e. The summed E-state index contributed by atoms with van der Waals surface area (Å²) in [5, 5.41) is 0.311. The van der Waals surface area contributed by atoms with Gasteiger partial charge in [-0.2, -0.15) is 13.2 Å². The van der Waals surface area contributed by atoms with Crippen molar-refractivity contribution in [1.29, 1.82) is 0 Å². The molecular weight excluding hydrogens is 716 g/mol. The quantitative estimate of drug-likeness (QED) is 0.138. The van der Waals surface area contributed by atoms with E-state index in [4.69, 9.17) is 25.8 Å². The first-order chi connectivity index (χ1) is 21.9. The zero-order valence-corrected chi connectivity index (χ0v) is 27.3. The molecule has 0 bridgehead atoms. The first-order valence-corrected chi connectivity index (χ1v) is 15.8. The summed E-state index contributed by atoms with van der Waals surface area (Å²) in [5.74, 6) is -1.10. The fourth-order valence-electron chi connectivity index (χ4n) is 4.79. The van der Waals surface area contributed by atoms with Gasteiger partial charge in [-0.3, -0.25) is 9.36 Å². The van der Waals surface area contributed by atoms with Gasteiger partial charge in [0, 0.05) is 10.6 Å². The van der Waals surface area contributed by atoms with Gasteiger partial charge in [0.25, 0.3) is 5.56 Å². The molecule has 0 N–H and O–H groups in total. The van der Waals surface area contributed by atoms with Crippen molar-refractivity contribution in [2.24, 2.45) is 4.99 Å². The maximum atomic E-state index is 14.4. The van der Waals surface area contributed by atoms with Crippen LogP contribution in [0.2, 0.25) is 5.02 Å². The summed E-state index contributed by atoms with van der Waals surface area (Å²) in [6, 6.07) is 13.7. The molecule has 3 aromatic carbocycles. The summed E-state index contributed by atoms with van der Waals surface area (Å²) in [6.45, 7) is 3.20. The molecule has 1 atom stereocenters. The molecule has 0 saturated carbocycles. The second-order valence-electron chi connectivity index (χ2n) is 9.76. The van der Waals surface area contributed by atoms with Crippen LogP contribution < -0.4 is 24.4 Å². The van der Waals surface area contributed by atoms with Crippen molar-refractivity contribution in [2.75, 3.05) is 13.2 Å². The number of carbonyl (C=O) groups is 1. The number of aromatic nitrogens is 1. The van der Waals surface area contributed by atoms with Crippen LogP contribution in [-0.4, -0.2) is 29.9 Å². The molecule has 1 aromatic heterocycles. The maximum absolute atomic E-state index is 14.4. The number of halogens is 6. The molecule has 0 fully saturated rings.